The minimum absolute atomic E-state index is 0.563. The number of ether oxygens (including phenoxy) is 1. The molecular weight excluding hydrogens is 246 g/mol. The van der Waals surface area contributed by atoms with Crippen LogP contribution in [-0.4, -0.2) is 20.3 Å². The van der Waals surface area contributed by atoms with Crippen molar-refractivity contribution in [3.63, 3.8) is 0 Å². The van der Waals surface area contributed by atoms with Crippen molar-refractivity contribution in [1.82, 2.24) is 5.48 Å². The molecule has 0 bridgehead atoms. The van der Waals surface area contributed by atoms with Crippen molar-refractivity contribution >= 4 is 15.9 Å². The highest BCUT2D eigenvalue weighted by Gasteiger charge is 1.92. The summed E-state index contributed by atoms with van der Waals surface area (Å²) in [6, 6.07) is 8.09. The zero-order valence-electron chi connectivity index (χ0n) is 8.13. The molecule has 3 nitrogen and oxygen atoms in total. The number of rotatable bonds is 6. The van der Waals surface area contributed by atoms with E-state index in [4.69, 9.17) is 9.57 Å². The van der Waals surface area contributed by atoms with Crippen molar-refractivity contribution in [3.8, 4) is 0 Å². The van der Waals surface area contributed by atoms with Gasteiger partial charge in [-0.25, -0.2) is 0 Å². The summed E-state index contributed by atoms with van der Waals surface area (Å²) in [5.41, 5.74) is 4.05. The first kappa shape index (κ1) is 11.7. The molecule has 4 heteroatoms. The zero-order valence-corrected chi connectivity index (χ0v) is 9.71. The Bertz CT molecular complexity index is 251. The van der Waals surface area contributed by atoms with Gasteiger partial charge < -0.3 is 4.74 Å². The molecule has 0 radical (unpaired) electrons. The van der Waals surface area contributed by atoms with Crippen LogP contribution >= 0.6 is 15.9 Å². The number of hydrogen-bond donors (Lipinski definition) is 1. The van der Waals surface area contributed by atoms with Crippen molar-refractivity contribution in [3.05, 3.63) is 34.3 Å². The molecule has 0 aliphatic heterocycles. The fraction of sp³-hybridized carbons (Fsp3) is 0.400. The van der Waals surface area contributed by atoms with Crippen LogP contribution in [0.15, 0.2) is 28.7 Å². The molecular formula is C10H14BrNO2. The van der Waals surface area contributed by atoms with E-state index < -0.39 is 0 Å². The van der Waals surface area contributed by atoms with Gasteiger partial charge in [-0.3, -0.25) is 4.84 Å². The van der Waals surface area contributed by atoms with Crippen LogP contribution in [0.2, 0.25) is 0 Å². The van der Waals surface area contributed by atoms with Crippen molar-refractivity contribution in [2.45, 2.75) is 6.54 Å². The summed E-state index contributed by atoms with van der Waals surface area (Å²) in [7, 11) is 1.65. The van der Waals surface area contributed by atoms with E-state index in [1.807, 2.05) is 24.3 Å². The third-order valence-electron chi connectivity index (χ3n) is 1.68. The minimum Gasteiger partial charge on any atom is -0.382 e. The Labute approximate surface area is 92.5 Å². The van der Waals surface area contributed by atoms with Crippen LogP contribution in [0.5, 0.6) is 0 Å². The molecule has 14 heavy (non-hydrogen) atoms. The van der Waals surface area contributed by atoms with Crippen LogP contribution in [0.3, 0.4) is 0 Å². The summed E-state index contributed by atoms with van der Waals surface area (Å²) in [5.74, 6) is 0. The predicted molar refractivity (Wildman–Crippen MR) is 58.8 cm³/mol. The molecule has 0 aliphatic rings. The molecule has 0 heterocycles. The molecule has 0 fully saturated rings. The Kier molecular flexibility index (Phi) is 5.78. The van der Waals surface area contributed by atoms with Crippen molar-refractivity contribution in [1.29, 1.82) is 0 Å². The molecule has 0 aliphatic carbocycles. The zero-order chi connectivity index (χ0) is 10.2. The number of methoxy groups -OCH3 is 1. The summed E-state index contributed by atoms with van der Waals surface area (Å²) in [5, 5.41) is 0. The van der Waals surface area contributed by atoms with Gasteiger partial charge in [0.2, 0.25) is 0 Å². The van der Waals surface area contributed by atoms with Crippen LogP contribution in [0.25, 0.3) is 0 Å². The molecule has 0 saturated heterocycles. The van der Waals surface area contributed by atoms with Crippen LogP contribution in [-0.2, 0) is 16.1 Å². The normalized spacial score (nSPS) is 10.4. The number of hydrogen-bond acceptors (Lipinski definition) is 3. The Morgan fingerprint density at radius 3 is 2.57 bits per heavy atom. The summed E-state index contributed by atoms with van der Waals surface area (Å²) < 4.78 is 5.92. The van der Waals surface area contributed by atoms with Gasteiger partial charge in [-0.1, -0.05) is 28.1 Å². The average molecular weight is 260 g/mol. The lowest BCUT2D eigenvalue weighted by Gasteiger charge is -2.05. The van der Waals surface area contributed by atoms with Crippen molar-refractivity contribution < 1.29 is 9.57 Å². The topological polar surface area (TPSA) is 30.5 Å². The first-order valence-corrected chi connectivity index (χ1v) is 5.20. The second kappa shape index (κ2) is 6.95. The first-order chi connectivity index (χ1) is 6.83. The second-order valence-electron chi connectivity index (χ2n) is 2.79. The van der Waals surface area contributed by atoms with E-state index in [9.17, 15) is 0 Å². The van der Waals surface area contributed by atoms with Crippen molar-refractivity contribution in [2.75, 3.05) is 20.3 Å². The van der Waals surface area contributed by atoms with Crippen LogP contribution in [0, 0.1) is 0 Å². The molecule has 0 atom stereocenters. The molecule has 1 N–H and O–H groups in total. The maximum absolute atomic E-state index is 5.12. The Hall–Kier alpha value is -0.420. The molecule has 0 amide bonds. The fourth-order valence-electron chi connectivity index (χ4n) is 0.934. The molecule has 0 saturated carbocycles. The monoisotopic (exact) mass is 259 g/mol. The maximum atomic E-state index is 5.12. The highest BCUT2D eigenvalue weighted by atomic mass is 79.9. The lowest BCUT2D eigenvalue weighted by atomic mass is 10.2. The van der Waals surface area contributed by atoms with E-state index in [0.29, 0.717) is 19.8 Å². The lowest BCUT2D eigenvalue weighted by molar-refractivity contribution is 0.00346. The van der Waals surface area contributed by atoms with Crippen LogP contribution in [0.1, 0.15) is 5.56 Å². The number of benzene rings is 1. The smallest absolute Gasteiger partial charge is 0.0916 e. The van der Waals surface area contributed by atoms with Gasteiger partial charge in [0, 0.05) is 18.1 Å². The van der Waals surface area contributed by atoms with E-state index >= 15 is 0 Å². The summed E-state index contributed by atoms with van der Waals surface area (Å²) in [4.78, 5) is 5.12. The molecule has 0 unspecified atom stereocenters. The van der Waals surface area contributed by atoms with Gasteiger partial charge in [-0.2, -0.15) is 5.48 Å². The summed E-state index contributed by atoms with van der Waals surface area (Å²) >= 11 is 3.38. The van der Waals surface area contributed by atoms with E-state index in [-0.39, 0.29) is 0 Å². The van der Waals surface area contributed by atoms with Gasteiger partial charge in [-0.15, -0.1) is 0 Å². The van der Waals surface area contributed by atoms with E-state index in [1.165, 1.54) is 5.56 Å². The maximum Gasteiger partial charge on any atom is 0.0916 e. The fourth-order valence-corrected chi connectivity index (χ4v) is 1.20. The molecule has 0 aromatic heterocycles. The number of nitrogens with one attached hydrogen (secondary N) is 1. The van der Waals surface area contributed by atoms with Gasteiger partial charge in [-0.05, 0) is 17.7 Å². The second-order valence-corrected chi connectivity index (χ2v) is 3.70. The first-order valence-electron chi connectivity index (χ1n) is 4.41. The van der Waals surface area contributed by atoms with Gasteiger partial charge >= 0.3 is 0 Å². The Balaban J connectivity index is 2.15. The molecule has 1 aromatic carbocycles. The van der Waals surface area contributed by atoms with E-state index in [2.05, 4.69) is 21.4 Å². The third-order valence-corrected chi connectivity index (χ3v) is 2.21. The van der Waals surface area contributed by atoms with Crippen LogP contribution in [0.4, 0.5) is 0 Å². The number of hydroxylamine groups is 1. The van der Waals surface area contributed by atoms with Crippen molar-refractivity contribution in [2.24, 2.45) is 0 Å². The van der Waals surface area contributed by atoms with E-state index in [0.717, 1.165) is 4.47 Å². The number of halogens is 1. The highest BCUT2D eigenvalue weighted by Crippen LogP contribution is 2.09. The predicted octanol–water partition coefficient (Wildman–Crippen LogP) is 2.12. The molecule has 1 aromatic rings. The molecule has 0 spiro atoms. The summed E-state index contributed by atoms with van der Waals surface area (Å²) in [6.45, 7) is 1.87. The standard InChI is InChI=1S/C10H14BrNO2/c1-13-6-7-14-12-8-9-2-4-10(11)5-3-9/h2-5,12H,6-8H2,1H3. The molecule has 78 valence electrons. The molecule has 1 rings (SSSR count). The Morgan fingerprint density at radius 1 is 1.21 bits per heavy atom. The van der Waals surface area contributed by atoms with Gasteiger partial charge in [0.15, 0.2) is 0 Å². The van der Waals surface area contributed by atoms with E-state index in [1.54, 1.807) is 7.11 Å². The average Bonchev–Trinajstić information content (AvgIpc) is 2.21. The summed E-state index contributed by atoms with van der Waals surface area (Å²) in [6.07, 6.45) is 0. The quantitative estimate of drug-likeness (QED) is 0.627. The Morgan fingerprint density at radius 2 is 1.93 bits per heavy atom. The van der Waals surface area contributed by atoms with Crippen LogP contribution < -0.4 is 5.48 Å². The van der Waals surface area contributed by atoms with Gasteiger partial charge in [0.1, 0.15) is 0 Å². The lowest BCUT2D eigenvalue weighted by Crippen LogP contribution is -2.16. The third kappa shape index (κ3) is 4.72. The minimum atomic E-state index is 0.563. The largest absolute Gasteiger partial charge is 0.382 e. The highest BCUT2D eigenvalue weighted by molar-refractivity contribution is 9.10. The van der Waals surface area contributed by atoms with Gasteiger partial charge in [0.25, 0.3) is 0 Å². The SMILES string of the molecule is COCCONCc1ccc(Br)cc1. The van der Waals surface area contributed by atoms with Gasteiger partial charge in [0.05, 0.1) is 13.2 Å².